The normalized spacial score (nSPS) is 10.7. The van der Waals surface area contributed by atoms with Crippen molar-refractivity contribution in [2.45, 2.75) is 59.7 Å². The van der Waals surface area contributed by atoms with Gasteiger partial charge in [0.1, 0.15) is 32.5 Å². The van der Waals surface area contributed by atoms with Crippen molar-refractivity contribution < 1.29 is 81.7 Å². The maximum Gasteiger partial charge on any atom is 0.407 e. The van der Waals surface area contributed by atoms with Gasteiger partial charge in [0.15, 0.2) is 0 Å². The lowest BCUT2D eigenvalue weighted by molar-refractivity contribution is -0.148. The lowest BCUT2D eigenvalue weighted by atomic mass is 10.3. The zero-order valence-corrected chi connectivity index (χ0v) is 37.2. The highest BCUT2D eigenvalue weighted by atomic mass is 32.2. The number of aliphatic hydroxyl groups excluding tert-OH is 2. The van der Waals surface area contributed by atoms with Crippen molar-refractivity contribution in [3.63, 3.8) is 0 Å². The highest BCUT2D eigenvalue weighted by Gasteiger charge is 2.19. The van der Waals surface area contributed by atoms with Gasteiger partial charge in [0, 0.05) is 57.3 Å². The molecule has 0 aromatic heterocycles. The quantitative estimate of drug-likeness (QED) is 0.0319. The Balaban J connectivity index is -0.00000109. The number of nitrogens with zero attached hydrogens (tertiary/aromatic N) is 1. The number of amides is 1. The second-order valence-corrected chi connectivity index (χ2v) is 14.0. The third-order valence-corrected chi connectivity index (χ3v) is 8.43. The lowest BCUT2D eigenvalue weighted by Crippen LogP contribution is -2.35. The molecule has 0 bridgehead atoms. The van der Waals surface area contributed by atoms with Crippen molar-refractivity contribution in [2.24, 2.45) is 0 Å². The Labute approximate surface area is 365 Å². The van der Waals surface area contributed by atoms with Crippen LogP contribution in [0.15, 0.2) is 60.8 Å². The summed E-state index contributed by atoms with van der Waals surface area (Å²) >= 11 is 2.58. The van der Waals surface area contributed by atoms with E-state index >= 15 is 0 Å². The molecular formula is C40H60N2O17S2. The first-order valence-electron chi connectivity index (χ1n) is 18.5. The molecule has 2 atom stereocenters. The Morgan fingerprint density at radius 1 is 0.672 bits per heavy atom. The van der Waals surface area contributed by atoms with Gasteiger partial charge in [-0.2, -0.15) is 28.8 Å². The van der Waals surface area contributed by atoms with Crippen LogP contribution in [0.3, 0.4) is 0 Å². The van der Waals surface area contributed by atoms with Crippen molar-refractivity contribution in [1.82, 2.24) is 5.32 Å². The molecule has 0 aliphatic rings. The van der Waals surface area contributed by atoms with E-state index in [1.54, 1.807) is 20.8 Å². The average Bonchev–Trinajstić information content (AvgIpc) is 3.21. The molecule has 0 fully saturated rings. The van der Waals surface area contributed by atoms with Crippen LogP contribution in [0.4, 0.5) is 4.79 Å². The fraction of sp³-hybridized carbons (Fsp3) is 0.550. The minimum Gasteiger partial charge on any atom is -0.463 e. The first-order valence-corrected chi connectivity index (χ1v) is 20.8. The molecule has 0 aromatic rings. The van der Waals surface area contributed by atoms with Crippen LogP contribution in [0.2, 0.25) is 0 Å². The first-order chi connectivity index (χ1) is 28.8. The highest BCUT2D eigenvalue weighted by Crippen LogP contribution is 2.13. The van der Waals surface area contributed by atoms with Gasteiger partial charge in [-0.1, -0.05) is 32.9 Å². The van der Waals surface area contributed by atoms with Gasteiger partial charge in [0.05, 0.1) is 39.1 Å². The average molecular weight is 905 g/mol. The minimum absolute atomic E-state index is 0.0000707. The van der Waals surface area contributed by atoms with E-state index in [0.29, 0.717) is 29.3 Å². The SMILES string of the molecule is C=C(C)C(=O)OCCCC(=O)OCC(CSCC(=C)C(=O)OCC)OC(=O)NCCOC(=O)C(=C)C.C=C(C)C(=O)OCCOC#N.C=C(CSCC(O)CO)C(=O)OCC. The van der Waals surface area contributed by atoms with Gasteiger partial charge in [-0.3, -0.25) is 4.79 Å². The molecule has 0 saturated carbocycles. The molecule has 1 amide bonds. The van der Waals surface area contributed by atoms with E-state index in [2.05, 4.69) is 47.7 Å². The summed E-state index contributed by atoms with van der Waals surface area (Å²) in [7, 11) is 0. The monoisotopic (exact) mass is 904 g/mol. The van der Waals surface area contributed by atoms with E-state index in [0.717, 1.165) is 0 Å². The number of alkyl carbamates (subject to hydrolysis) is 1. The molecule has 19 nitrogen and oxygen atoms in total. The maximum absolute atomic E-state index is 12.1. The van der Waals surface area contributed by atoms with Gasteiger partial charge in [0.25, 0.3) is 6.26 Å². The summed E-state index contributed by atoms with van der Waals surface area (Å²) in [4.78, 5) is 80.2. The van der Waals surface area contributed by atoms with Crippen LogP contribution in [0, 0.1) is 11.5 Å². The van der Waals surface area contributed by atoms with E-state index < -0.39 is 54.1 Å². The molecule has 0 rings (SSSR count). The molecule has 0 saturated heterocycles. The van der Waals surface area contributed by atoms with Crippen molar-refractivity contribution in [3.05, 3.63) is 60.8 Å². The predicted molar refractivity (Wildman–Crippen MR) is 227 cm³/mol. The van der Waals surface area contributed by atoms with Crippen molar-refractivity contribution >= 4 is 65.4 Å². The number of carbonyl (C=O) groups excluding carboxylic acids is 7. The number of ether oxygens (including phenoxy) is 8. The standard InChI is InChI=1S/C24H35NO10S.C9H16O4S.C7H9NO3/c1-7-31-23(29)18(6)14-36-15-19(35-24(30)25-10-12-33-22(28)17(4)5)13-34-20(26)9-8-11-32-21(27)16(2)3;1-3-13-9(12)7(2)5-14-6-8(11)4-10;1-6(2)7(9)11-4-3-10-5-8/h19H,2,4,6-15H2,1,3,5H3,(H,25,30);8,10-11H,2-6H2,1H3;1,3-4H2,2H3. The maximum atomic E-state index is 12.1. The van der Waals surface area contributed by atoms with Gasteiger partial charge in [0.2, 0.25) is 0 Å². The van der Waals surface area contributed by atoms with Gasteiger partial charge >= 0.3 is 41.9 Å². The van der Waals surface area contributed by atoms with E-state index in [4.69, 9.17) is 43.9 Å². The second kappa shape index (κ2) is 38.9. The summed E-state index contributed by atoms with van der Waals surface area (Å²) < 4.78 is 38.7. The molecule has 21 heteroatoms. The van der Waals surface area contributed by atoms with Crippen LogP contribution >= 0.6 is 23.5 Å². The number of nitrogens with one attached hydrogen (secondary N) is 1. The van der Waals surface area contributed by atoms with E-state index in [1.165, 1.54) is 43.6 Å². The number of nitriles is 1. The zero-order valence-electron chi connectivity index (χ0n) is 35.6. The highest BCUT2D eigenvalue weighted by molar-refractivity contribution is 7.99. The van der Waals surface area contributed by atoms with Crippen LogP contribution in [0.25, 0.3) is 0 Å². The Morgan fingerprint density at radius 3 is 1.61 bits per heavy atom. The Kier molecular flexibility index (Phi) is 38.2. The summed E-state index contributed by atoms with van der Waals surface area (Å²) in [6, 6.07) is 0. The third-order valence-electron chi connectivity index (χ3n) is 6.10. The van der Waals surface area contributed by atoms with Crippen LogP contribution < -0.4 is 5.32 Å². The summed E-state index contributed by atoms with van der Waals surface area (Å²) in [6.45, 7) is 25.7. The first kappa shape index (κ1) is 60.0. The lowest BCUT2D eigenvalue weighted by Gasteiger charge is -2.18. The minimum atomic E-state index is -0.840. The number of thioether (sulfide) groups is 2. The zero-order chi connectivity index (χ0) is 47.2. The molecular weight excluding hydrogens is 845 g/mol. The molecule has 3 N–H and O–H groups in total. The van der Waals surface area contributed by atoms with Crippen LogP contribution in [-0.4, -0.2) is 147 Å². The number of hydrogen-bond donors (Lipinski definition) is 3. The number of hydrogen-bond acceptors (Lipinski definition) is 20. The van der Waals surface area contributed by atoms with E-state index in [1.807, 2.05) is 0 Å². The molecule has 0 heterocycles. The molecule has 0 radical (unpaired) electrons. The van der Waals surface area contributed by atoms with E-state index in [9.17, 15) is 33.6 Å². The van der Waals surface area contributed by atoms with Crippen LogP contribution in [0.5, 0.6) is 0 Å². The molecule has 0 spiro atoms. The molecule has 61 heavy (non-hydrogen) atoms. The smallest absolute Gasteiger partial charge is 0.407 e. The fourth-order valence-electron chi connectivity index (χ4n) is 3.11. The Morgan fingerprint density at radius 2 is 1.15 bits per heavy atom. The second-order valence-electron chi connectivity index (χ2n) is 11.9. The molecule has 2 unspecified atom stereocenters. The summed E-state index contributed by atoms with van der Waals surface area (Å²) in [6.07, 6.45) is -0.690. The van der Waals surface area contributed by atoms with Gasteiger partial charge in [-0.05, 0) is 41.0 Å². The fourth-order valence-corrected chi connectivity index (χ4v) is 4.87. The largest absolute Gasteiger partial charge is 0.463 e. The summed E-state index contributed by atoms with van der Waals surface area (Å²) in [5.74, 6) is -1.87. The molecule has 0 aromatic carbocycles. The number of aliphatic hydroxyl groups is 2. The van der Waals surface area contributed by atoms with Crippen LogP contribution in [0.1, 0.15) is 47.5 Å². The molecule has 0 aliphatic carbocycles. The van der Waals surface area contributed by atoms with Crippen LogP contribution in [-0.2, 0) is 66.7 Å². The number of esters is 6. The van der Waals surface area contributed by atoms with E-state index in [-0.39, 0.29) is 93.9 Å². The Hall–Kier alpha value is -5.30. The molecule has 344 valence electrons. The predicted octanol–water partition coefficient (Wildman–Crippen LogP) is 3.29. The molecule has 0 aliphatic heterocycles. The van der Waals surface area contributed by atoms with Crippen molar-refractivity contribution in [3.8, 4) is 6.26 Å². The van der Waals surface area contributed by atoms with Gasteiger partial charge in [-0.15, -0.1) is 0 Å². The van der Waals surface area contributed by atoms with Gasteiger partial charge < -0.3 is 53.4 Å². The summed E-state index contributed by atoms with van der Waals surface area (Å²) in [5, 5.41) is 27.8. The number of carbonyl (C=O) groups is 7. The number of rotatable bonds is 29. The topological polar surface area (TPSA) is 270 Å². The van der Waals surface area contributed by atoms with Gasteiger partial charge in [-0.25, -0.2) is 28.8 Å². The van der Waals surface area contributed by atoms with Crippen molar-refractivity contribution in [1.29, 1.82) is 5.26 Å². The Bertz CT molecular complexity index is 1510. The summed E-state index contributed by atoms with van der Waals surface area (Å²) in [5.41, 5.74) is 1.44. The van der Waals surface area contributed by atoms with Crippen molar-refractivity contribution in [2.75, 3.05) is 82.4 Å². The third kappa shape index (κ3) is 37.4.